The molecule has 0 aliphatic carbocycles. The number of benzene rings is 1. The van der Waals surface area contributed by atoms with Gasteiger partial charge in [-0.05, 0) is 53.6 Å². The molecule has 1 aromatic heterocycles. The van der Waals surface area contributed by atoms with Gasteiger partial charge in [0.2, 0.25) is 10.0 Å². The molecule has 102 valence electrons. The third-order valence-corrected chi connectivity index (χ3v) is 5.09. The Morgan fingerprint density at radius 1 is 1.16 bits per heavy atom. The summed E-state index contributed by atoms with van der Waals surface area (Å²) < 4.78 is 27.1. The van der Waals surface area contributed by atoms with E-state index in [1.54, 1.807) is 42.6 Å². The fraction of sp³-hybridized carbons (Fsp3) is 0.231. The van der Waals surface area contributed by atoms with Crippen LogP contribution in [0.5, 0.6) is 0 Å². The molecule has 1 unspecified atom stereocenters. The molecule has 0 amide bonds. The lowest BCUT2D eigenvalue weighted by atomic mass is 10.2. The zero-order chi connectivity index (χ0) is 13.9. The van der Waals surface area contributed by atoms with Gasteiger partial charge in [0.1, 0.15) is 0 Å². The van der Waals surface area contributed by atoms with E-state index in [4.69, 9.17) is 0 Å². The summed E-state index contributed by atoms with van der Waals surface area (Å²) in [4.78, 5) is 0.272. The van der Waals surface area contributed by atoms with Crippen molar-refractivity contribution in [2.45, 2.75) is 17.9 Å². The van der Waals surface area contributed by atoms with Crippen molar-refractivity contribution in [1.82, 2.24) is 4.72 Å². The third kappa shape index (κ3) is 3.34. The first kappa shape index (κ1) is 14.0. The van der Waals surface area contributed by atoms with Crippen molar-refractivity contribution < 1.29 is 8.42 Å². The Kier molecular flexibility index (Phi) is 4.24. The number of hydrogen-bond donors (Lipinski definition) is 2. The minimum atomic E-state index is -3.48. The van der Waals surface area contributed by atoms with Crippen LogP contribution in [0.2, 0.25) is 0 Å². The third-order valence-electron chi connectivity index (χ3n) is 2.83. The van der Waals surface area contributed by atoms with Gasteiger partial charge in [-0.25, -0.2) is 13.1 Å². The average molecular weight is 296 g/mol. The molecule has 0 aliphatic rings. The maximum atomic E-state index is 12.2. The standard InChI is InChI=1S/C13H16N2O2S2/c1-10(11-7-8-18-9-11)15-19(16,17)13-5-3-12(14-2)4-6-13/h3-10,14-15H,1-2H3. The van der Waals surface area contributed by atoms with E-state index in [9.17, 15) is 8.42 Å². The van der Waals surface area contributed by atoms with Gasteiger partial charge in [-0.2, -0.15) is 11.3 Å². The molecule has 2 aromatic rings. The predicted molar refractivity (Wildman–Crippen MR) is 79.0 cm³/mol. The van der Waals surface area contributed by atoms with E-state index in [0.717, 1.165) is 11.3 Å². The summed E-state index contributed by atoms with van der Waals surface area (Å²) in [7, 11) is -1.69. The lowest BCUT2D eigenvalue weighted by Gasteiger charge is -2.13. The number of rotatable bonds is 5. The van der Waals surface area contributed by atoms with E-state index in [-0.39, 0.29) is 10.9 Å². The normalized spacial score (nSPS) is 13.2. The van der Waals surface area contributed by atoms with Crippen molar-refractivity contribution in [2.24, 2.45) is 0 Å². The first-order chi connectivity index (χ1) is 9.03. The summed E-state index contributed by atoms with van der Waals surface area (Å²) in [6.45, 7) is 1.83. The van der Waals surface area contributed by atoms with Crippen LogP contribution in [0.15, 0.2) is 46.0 Å². The quantitative estimate of drug-likeness (QED) is 0.892. The number of anilines is 1. The van der Waals surface area contributed by atoms with Gasteiger partial charge in [-0.3, -0.25) is 0 Å². The van der Waals surface area contributed by atoms with Crippen LogP contribution in [0.3, 0.4) is 0 Å². The minimum Gasteiger partial charge on any atom is -0.388 e. The van der Waals surface area contributed by atoms with Crippen molar-refractivity contribution in [1.29, 1.82) is 0 Å². The fourth-order valence-corrected chi connectivity index (χ4v) is 3.68. The number of sulfonamides is 1. The second kappa shape index (κ2) is 5.73. The molecule has 0 aliphatic heterocycles. The Morgan fingerprint density at radius 3 is 2.37 bits per heavy atom. The molecule has 1 atom stereocenters. The van der Waals surface area contributed by atoms with Gasteiger partial charge in [0, 0.05) is 18.8 Å². The van der Waals surface area contributed by atoms with Gasteiger partial charge in [0.15, 0.2) is 0 Å². The van der Waals surface area contributed by atoms with Gasteiger partial charge >= 0.3 is 0 Å². The maximum absolute atomic E-state index is 12.2. The number of hydrogen-bond acceptors (Lipinski definition) is 4. The maximum Gasteiger partial charge on any atom is 0.241 e. The van der Waals surface area contributed by atoms with Crippen molar-refractivity contribution in [2.75, 3.05) is 12.4 Å². The molecule has 0 saturated heterocycles. The van der Waals surface area contributed by atoms with E-state index in [1.165, 1.54) is 0 Å². The molecule has 0 spiro atoms. The molecule has 2 N–H and O–H groups in total. The van der Waals surface area contributed by atoms with Crippen LogP contribution < -0.4 is 10.0 Å². The molecule has 0 radical (unpaired) electrons. The van der Waals surface area contributed by atoms with E-state index in [0.29, 0.717) is 0 Å². The van der Waals surface area contributed by atoms with Crippen molar-refractivity contribution in [3.63, 3.8) is 0 Å². The second-order valence-corrected chi connectivity index (χ2v) is 6.67. The van der Waals surface area contributed by atoms with Gasteiger partial charge in [0.05, 0.1) is 4.90 Å². The monoisotopic (exact) mass is 296 g/mol. The van der Waals surface area contributed by atoms with E-state index in [2.05, 4.69) is 10.0 Å². The molecule has 19 heavy (non-hydrogen) atoms. The smallest absolute Gasteiger partial charge is 0.241 e. The Bertz CT molecular complexity index is 619. The van der Waals surface area contributed by atoms with Crippen molar-refractivity contribution in [3.8, 4) is 0 Å². The van der Waals surface area contributed by atoms with Gasteiger partial charge in [0.25, 0.3) is 0 Å². The second-order valence-electron chi connectivity index (χ2n) is 4.17. The molecular weight excluding hydrogens is 280 g/mol. The lowest BCUT2D eigenvalue weighted by molar-refractivity contribution is 0.567. The highest BCUT2D eigenvalue weighted by molar-refractivity contribution is 7.89. The van der Waals surface area contributed by atoms with Gasteiger partial charge < -0.3 is 5.32 Å². The molecule has 6 heteroatoms. The summed E-state index contributed by atoms with van der Waals surface area (Å²) in [6.07, 6.45) is 0. The van der Waals surface area contributed by atoms with Crippen LogP contribution in [0, 0.1) is 0 Å². The van der Waals surface area contributed by atoms with Crippen LogP contribution in [0.1, 0.15) is 18.5 Å². The van der Waals surface area contributed by atoms with Crippen LogP contribution in [-0.2, 0) is 10.0 Å². The Morgan fingerprint density at radius 2 is 1.84 bits per heavy atom. The lowest BCUT2D eigenvalue weighted by Crippen LogP contribution is -2.26. The topological polar surface area (TPSA) is 58.2 Å². The Hall–Kier alpha value is -1.37. The number of thiophene rings is 1. The van der Waals surface area contributed by atoms with Crippen molar-refractivity contribution in [3.05, 3.63) is 46.7 Å². The molecule has 0 bridgehead atoms. The summed E-state index contributed by atoms with van der Waals surface area (Å²) in [6, 6.07) is 8.35. The molecule has 0 fully saturated rings. The largest absolute Gasteiger partial charge is 0.388 e. The van der Waals surface area contributed by atoms with Crippen molar-refractivity contribution >= 4 is 27.0 Å². The number of nitrogens with one attached hydrogen (secondary N) is 2. The van der Waals surface area contributed by atoms with Gasteiger partial charge in [-0.15, -0.1) is 0 Å². The summed E-state index contributed by atoms with van der Waals surface area (Å²) >= 11 is 1.55. The SMILES string of the molecule is CNc1ccc(S(=O)(=O)NC(C)c2ccsc2)cc1. The van der Waals surface area contributed by atoms with Crippen LogP contribution >= 0.6 is 11.3 Å². The highest BCUT2D eigenvalue weighted by atomic mass is 32.2. The molecule has 2 rings (SSSR count). The van der Waals surface area contributed by atoms with E-state index >= 15 is 0 Å². The Balaban J connectivity index is 2.17. The highest BCUT2D eigenvalue weighted by Gasteiger charge is 2.18. The van der Waals surface area contributed by atoms with Crippen LogP contribution in [0.25, 0.3) is 0 Å². The summed E-state index contributed by atoms with van der Waals surface area (Å²) in [5.41, 5.74) is 1.85. The average Bonchev–Trinajstić information content (AvgIpc) is 2.92. The Labute approximate surface area is 117 Å². The zero-order valence-electron chi connectivity index (χ0n) is 10.8. The van der Waals surface area contributed by atoms with Crippen LogP contribution in [0.4, 0.5) is 5.69 Å². The molecule has 0 saturated carbocycles. The predicted octanol–water partition coefficient (Wildman–Crippen LogP) is 2.83. The highest BCUT2D eigenvalue weighted by Crippen LogP contribution is 2.20. The summed E-state index contributed by atoms with van der Waals surface area (Å²) in [5, 5.41) is 6.83. The van der Waals surface area contributed by atoms with E-state index < -0.39 is 10.0 Å². The minimum absolute atomic E-state index is 0.236. The van der Waals surface area contributed by atoms with E-state index in [1.807, 2.05) is 23.8 Å². The van der Waals surface area contributed by atoms with Gasteiger partial charge in [-0.1, -0.05) is 0 Å². The molecule has 1 aromatic carbocycles. The van der Waals surface area contributed by atoms with Crippen LogP contribution in [-0.4, -0.2) is 15.5 Å². The first-order valence-electron chi connectivity index (χ1n) is 5.85. The first-order valence-corrected chi connectivity index (χ1v) is 8.28. The molecule has 1 heterocycles. The molecular formula is C13H16N2O2S2. The zero-order valence-corrected chi connectivity index (χ0v) is 12.4. The molecule has 4 nitrogen and oxygen atoms in total. The summed E-state index contributed by atoms with van der Waals surface area (Å²) in [5.74, 6) is 0. The fourth-order valence-electron chi connectivity index (χ4n) is 1.69.